The van der Waals surface area contributed by atoms with Crippen LogP contribution in [-0.2, 0) is 4.74 Å². The molecular weight excluding hydrogens is 192 g/mol. The van der Waals surface area contributed by atoms with Crippen molar-refractivity contribution in [3.05, 3.63) is 23.9 Å². The first-order valence-electron chi connectivity index (χ1n) is 5.16. The topological polar surface area (TPSA) is 57.4 Å². The molecule has 0 aliphatic rings. The lowest BCUT2D eigenvalue weighted by Gasteiger charge is -2.08. The lowest BCUT2D eigenvalue weighted by atomic mass is 10.1. The number of pyridine rings is 1. The Morgan fingerprint density at radius 1 is 1.47 bits per heavy atom. The minimum absolute atomic E-state index is 0.00208. The van der Waals surface area contributed by atoms with Gasteiger partial charge in [-0.25, -0.2) is 4.98 Å². The van der Waals surface area contributed by atoms with E-state index in [4.69, 9.17) is 15.2 Å². The summed E-state index contributed by atoms with van der Waals surface area (Å²) in [6.45, 7) is 5.69. The zero-order valence-electron chi connectivity index (χ0n) is 9.27. The molecule has 1 rings (SSSR count). The van der Waals surface area contributed by atoms with Gasteiger partial charge >= 0.3 is 0 Å². The van der Waals surface area contributed by atoms with Gasteiger partial charge in [-0.05, 0) is 25.5 Å². The summed E-state index contributed by atoms with van der Waals surface area (Å²) in [5.74, 6) is 0.601. The van der Waals surface area contributed by atoms with Crippen LogP contribution in [0.3, 0.4) is 0 Å². The summed E-state index contributed by atoms with van der Waals surface area (Å²) in [5, 5.41) is 0. The fraction of sp³-hybridized carbons (Fsp3) is 0.545. The third-order valence-electron chi connectivity index (χ3n) is 1.97. The third kappa shape index (κ3) is 4.27. The van der Waals surface area contributed by atoms with E-state index in [1.54, 1.807) is 6.20 Å². The first kappa shape index (κ1) is 11.9. The van der Waals surface area contributed by atoms with Gasteiger partial charge in [0.1, 0.15) is 6.61 Å². The van der Waals surface area contributed by atoms with Crippen molar-refractivity contribution in [1.82, 2.24) is 4.98 Å². The molecule has 0 radical (unpaired) electrons. The number of hydrogen-bond acceptors (Lipinski definition) is 4. The van der Waals surface area contributed by atoms with Gasteiger partial charge in [-0.1, -0.05) is 0 Å². The number of nitrogens with two attached hydrogens (primary N) is 1. The van der Waals surface area contributed by atoms with Gasteiger partial charge in [0.05, 0.1) is 6.61 Å². The molecule has 4 nitrogen and oxygen atoms in total. The Bertz CT molecular complexity index is 290. The second-order valence-electron chi connectivity index (χ2n) is 3.26. The van der Waals surface area contributed by atoms with E-state index in [0.717, 1.165) is 5.56 Å². The fourth-order valence-corrected chi connectivity index (χ4v) is 1.14. The van der Waals surface area contributed by atoms with Crippen molar-refractivity contribution < 1.29 is 9.47 Å². The van der Waals surface area contributed by atoms with E-state index >= 15 is 0 Å². The Morgan fingerprint density at radius 3 is 2.93 bits per heavy atom. The Balaban J connectivity index is 2.43. The maximum Gasteiger partial charge on any atom is 0.213 e. The summed E-state index contributed by atoms with van der Waals surface area (Å²) in [6.07, 6.45) is 1.70. The van der Waals surface area contributed by atoms with Gasteiger partial charge in [0, 0.05) is 24.9 Å². The van der Waals surface area contributed by atoms with Gasteiger partial charge in [-0.2, -0.15) is 0 Å². The molecule has 0 bridgehead atoms. The van der Waals surface area contributed by atoms with E-state index in [1.165, 1.54) is 0 Å². The third-order valence-corrected chi connectivity index (χ3v) is 1.97. The SMILES string of the molecule is CCOCCOc1cc([C@H](C)N)ccn1. The molecule has 1 atom stereocenters. The van der Waals surface area contributed by atoms with Crippen LogP contribution in [0.4, 0.5) is 0 Å². The Labute approximate surface area is 90.4 Å². The largest absolute Gasteiger partial charge is 0.475 e. The fourth-order valence-electron chi connectivity index (χ4n) is 1.14. The molecule has 1 aromatic rings. The smallest absolute Gasteiger partial charge is 0.213 e. The molecule has 0 saturated heterocycles. The summed E-state index contributed by atoms with van der Waals surface area (Å²) in [6, 6.07) is 3.75. The van der Waals surface area contributed by atoms with Crippen molar-refractivity contribution >= 4 is 0 Å². The maximum absolute atomic E-state index is 5.75. The van der Waals surface area contributed by atoms with Crippen molar-refractivity contribution in [1.29, 1.82) is 0 Å². The van der Waals surface area contributed by atoms with Gasteiger partial charge < -0.3 is 15.2 Å². The van der Waals surface area contributed by atoms with E-state index in [-0.39, 0.29) is 6.04 Å². The molecule has 0 aliphatic carbocycles. The molecular formula is C11H18N2O2. The number of ether oxygens (including phenoxy) is 2. The summed E-state index contributed by atoms with van der Waals surface area (Å²) < 4.78 is 10.6. The van der Waals surface area contributed by atoms with Gasteiger partial charge in [0.15, 0.2) is 0 Å². The van der Waals surface area contributed by atoms with Crippen LogP contribution < -0.4 is 10.5 Å². The zero-order valence-corrected chi connectivity index (χ0v) is 9.27. The number of hydrogen-bond donors (Lipinski definition) is 1. The van der Waals surface area contributed by atoms with E-state index in [2.05, 4.69) is 4.98 Å². The molecule has 1 heterocycles. The minimum Gasteiger partial charge on any atom is -0.475 e. The van der Waals surface area contributed by atoms with Crippen molar-refractivity contribution in [3.8, 4) is 5.88 Å². The van der Waals surface area contributed by atoms with Gasteiger partial charge in [-0.3, -0.25) is 0 Å². The molecule has 0 spiro atoms. The zero-order chi connectivity index (χ0) is 11.1. The number of aromatic nitrogens is 1. The van der Waals surface area contributed by atoms with Crippen LogP contribution in [0.1, 0.15) is 25.5 Å². The van der Waals surface area contributed by atoms with Crippen LogP contribution in [0.15, 0.2) is 18.3 Å². The second-order valence-corrected chi connectivity index (χ2v) is 3.26. The molecule has 0 saturated carbocycles. The van der Waals surface area contributed by atoms with Gasteiger partial charge in [0.2, 0.25) is 5.88 Å². The van der Waals surface area contributed by atoms with Crippen molar-refractivity contribution in [2.24, 2.45) is 5.73 Å². The summed E-state index contributed by atoms with van der Waals surface area (Å²) in [5.41, 5.74) is 6.78. The van der Waals surface area contributed by atoms with Crippen molar-refractivity contribution in [2.75, 3.05) is 19.8 Å². The summed E-state index contributed by atoms with van der Waals surface area (Å²) >= 11 is 0. The molecule has 1 aromatic heterocycles. The second kappa shape index (κ2) is 6.37. The lowest BCUT2D eigenvalue weighted by Crippen LogP contribution is -2.09. The van der Waals surface area contributed by atoms with Crippen LogP contribution >= 0.6 is 0 Å². The van der Waals surface area contributed by atoms with E-state index in [0.29, 0.717) is 25.7 Å². The molecule has 0 fully saturated rings. The Kier molecular flexibility index (Phi) is 5.07. The molecule has 4 heteroatoms. The lowest BCUT2D eigenvalue weighted by molar-refractivity contribution is 0.108. The molecule has 0 aliphatic heterocycles. The number of nitrogens with zero attached hydrogens (tertiary/aromatic N) is 1. The van der Waals surface area contributed by atoms with Crippen LogP contribution in [0.25, 0.3) is 0 Å². The number of rotatable bonds is 6. The Morgan fingerprint density at radius 2 is 2.27 bits per heavy atom. The van der Waals surface area contributed by atoms with Gasteiger partial charge in [0.25, 0.3) is 0 Å². The van der Waals surface area contributed by atoms with Crippen LogP contribution in [0.2, 0.25) is 0 Å². The highest BCUT2D eigenvalue weighted by Gasteiger charge is 2.01. The molecule has 2 N–H and O–H groups in total. The predicted molar refractivity (Wildman–Crippen MR) is 58.8 cm³/mol. The minimum atomic E-state index is 0.00208. The van der Waals surface area contributed by atoms with Crippen LogP contribution in [0, 0.1) is 0 Å². The average Bonchev–Trinajstić information content (AvgIpc) is 2.25. The highest BCUT2D eigenvalue weighted by Crippen LogP contribution is 2.14. The summed E-state index contributed by atoms with van der Waals surface area (Å²) in [4.78, 5) is 4.09. The van der Waals surface area contributed by atoms with Crippen molar-refractivity contribution in [2.45, 2.75) is 19.9 Å². The average molecular weight is 210 g/mol. The normalized spacial score (nSPS) is 12.5. The molecule has 0 amide bonds. The van der Waals surface area contributed by atoms with Crippen LogP contribution in [-0.4, -0.2) is 24.8 Å². The standard InChI is InChI=1S/C11H18N2O2/c1-3-14-6-7-15-11-8-10(9(2)12)4-5-13-11/h4-5,8-9H,3,6-7,12H2,1-2H3/t9-/m0/s1. The van der Waals surface area contributed by atoms with E-state index in [9.17, 15) is 0 Å². The molecule has 84 valence electrons. The first-order chi connectivity index (χ1) is 7.24. The Hall–Kier alpha value is -1.13. The first-order valence-corrected chi connectivity index (χ1v) is 5.16. The highest BCUT2D eigenvalue weighted by molar-refractivity contribution is 5.22. The predicted octanol–water partition coefficient (Wildman–Crippen LogP) is 1.52. The van der Waals surface area contributed by atoms with Crippen molar-refractivity contribution in [3.63, 3.8) is 0 Å². The molecule has 15 heavy (non-hydrogen) atoms. The molecule has 0 aromatic carbocycles. The molecule has 0 unspecified atom stereocenters. The summed E-state index contributed by atoms with van der Waals surface area (Å²) in [7, 11) is 0. The van der Waals surface area contributed by atoms with Gasteiger partial charge in [-0.15, -0.1) is 0 Å². The van der Waals surface area contributed by atoms with Crippen LogP contribution in [0.5, 0.6) is 5.88 Å². The van der Waals surface area contributed by atoms with E-state index in [1.807, 2.05) is 26.0 Å². The quantitative estimate of drug-likeness (QED) is 0.723. The highest BCUT2D eigenvalue weighted by atomic mass is 16.5. The van der Waals surface area contributed by atoms with E-state index < -0.39 is 0 Å². The monoisotopic (exact) mass is 210 g/mol. The maximum atomic E-state index is 5.75.